The molecule has 10 heteroatoms. The Balaban J connectivity index is 1.45. The summed E-state index contributed by atoms with van der Waals surface area (Å²) in [7, 11) is -3.64. The predicted molar refractivity (Wildman–Crippen MR) is 127 cm³/mol. The zero-order chi connectivity index (χ0) is 24.1. The van der Waals surface area contributed by atoms with Crippen LogP contribution in [0.5, 0.6) is 5.75 Å². The van der Waals surface area contributed by atoms with Crippen LogP contribution in [0.15, 0.2) is 48.5 Å². The Bertz CT molecular complexity index is 1110. The molecule has 0 aliphatic carbocycles. The number of benzene rings is 2. The molecule has 2 fully saturated rings. The van der Waals surface area contributed by atoms with Gasteiger partial charge in [0.25, 0.3) is 5.91 Å². The number of anilines is 1. The number of hydrogen-bond donors (Lipinski definition) is 1. The molecule has 2 aliphatic heterocycles. The van der Waals surface area contributed by atoms with Crippen LogP contribution in [-0.2, 0) is 19.6 Å². The lowest BCUT2D eigenvalue weighted by molar-refractivity contribution is -0.116. The maximum atomic E-state index is 12.9. The lowest BCUT2D eigenvalue weighted by atomic mass is 10.0. The van der Waals surface area contributed by atoms with Gasteiger partial charge >= 0.3 is 0 Å². The van der Waals surface area contributed by atoms with Crippen molar-refractivity contribution in [2.45, 2.75) is 19.4 Å². The number of amides is 2. The number of morpholine rings is 1. The van der Waals surface area contributed by atoms with Gasteiger partial charge in [0, 0.05) is 31.6 Å². The average Bonchev–Trinajstić information content (AvgIpc) is 3.13. The molecular formula is C24H29N3O6S. The Morgan fingerprint density at radius 3 is 2.35 bits per heavy atom. The maximum absolute atomic E-state index is 12.9. The normalized spacial score (nSPS) is 19.1. The van der Waals surface area contributed by atoms with Crippen molar-refractivity contribution < 1.29 is 27.5 Å². The summed E-state index contributed by atoms with van der Waals surface area (Å²) in [5, 5.41) is 3.00. The number of nitrogens with one attached hydrogen (secondary N) is 1. The molecule has 1 N–H and O–H groups in total. The van der Waals surface area contributed by atoms with E-state index in [4.69, 9.17) is 9.47 Å². The first-order chi connectivity index (χ1) is 16.4. The van der Waals surface area contributed by atoms with Gasteiger partial charge in [0.2, 0.25) is 15.9 Å². The maximum Gasteiger partial charge on any atom is 0.251 e. The van der Waals surface area contributed by atoms with E-state index in [9.17, 15) is 18.0 Å². The zero-order valence-corrected chi connectivity index (χ0v) is 19.9. The standard InChI is InChI=1S/C24H29N3O6S/c1-2-33-21-9-5-18(6-10-21)22(26-12-14-32-15-13-26)17-25-24(29)19-3-7-20(8-4-19)27-23(28)11-16-34(27,30)31/h3-10,22H,2,11-17H2,1H3,(H,25,29)/t22-/m1/s1. The van der Waals surface area contributed by atoms with Crippen LogP contribution in [0.25, 0.3) is 0 Å². The van der Waals surface area contributed by atoms with Crippen molar-refractivity contribution in [2.75, 3.05) is 49.5 Å². The van der Waals surface area contributed by atoms with Gasteiger partial charge in [0.15, 0.2) is 0 Å². The fraction of sp³-hybridized carbons (Fsp3) is 0.417. The summed E-state index contributed by atoms with van der Waals surface area (Å²) in [4.78, 5) is 27.1. The minimum atomic E-state index is -3.64. The number of nitrogens with zero attached hydrogens (tertiary/aromatic N) is 2. The second-order valence-electron chi connectivity index (χ2n) is 8.15. The second kappa shape index (κ2) is 10.5. The summed E-state index contributed by atoms with van der Waals surface area (Å²) in [6.45, 7) is 5.74. The molecule has 34 heavy (non-hydrogen) atoms. The minimum absolute atomic E-state index is 0.0287. The van der Waals surface area contributed by atoms with E-state index in [-0.39, 0.29) is 29.8 Å². The Morgan fingerprint density at radius 1 is 1.09 bits per heavy atom. The fourth-order valence-electron chi connectivity index (χ4n) is 4.21. The molecule has 0 spiro atoms. The summed E-state index contributed by atoms with van der Waals surface area (Å²) >= 11 is 0. The highest BCUT2D eigenvalue weighted by atomic mass is 32.2. The summed E-state index contributed by atoms with van der Waals surface area (Å²) in [5.41, 5.74) is 1.71. The van der Waals surface area contributed by atoms with Gasteiger partial charge in [-0.05, 0) is 48.9 Å². The van der Waals surface area contributed by atoms with Crippen LogP contribution in [0, 0.1) is 0 Å². The number of carbonyl (C=O) groups is 2. The van der Waals surface area contributed by atoms with Gasteiger partial charge in [-0.1, -0.05) is 12.1 Å². The Kier molecular flexibility index (Phi) is 7.50. The monoisotopic (exact) mass is 487 g/mol. The third-order valence-corrected chi connectivity index (χ3v) is 7.65. The summed E-state index contributed by atoms with van der Waals surface area (Å²) in [6, 6.07) is 13.9. The van der Waals surface area contributed by atoms with Gasteiger partial charge in [-0.3, -0.25) is 14.5 Å². The topological polar surface area (TPSA) is 105 Å². The van der Waals surface area contributed by atoms with Crippen LogP contribution in [0.1, 0.15) is 35.3 Å². The van der Waals surface area contributed by atoms with Crippen molar-refractivity contribution in [3.05, 3.63) is 59.7 Å². The SMILES string of the molecule is CCOc1ccc([C@@H](CNC(=O)c2ccc(N3C(=O)CCS3(=O)=O)cc2)N2CCOCC2)cc1. The Hall–Kier alpha value is -2.95. The largest absolute Gasteiger partial charge is 0.494 e. The number of rotatable bonds is 8. The van der Waals surface area contributed by atoms with E-state index in [0.29, 0.717) is 31.9 Å². The molecule has 182 valence electrons. The molecule has 2 aromatic carbocycles. The smallest absolute Gasteiger partial charge is 0.251 e. The molecule has 0 bridgehead atoms. The van der Waals surface area contributed by atoms with Crippen molar-refractivity contribution in [2.24, 2.45) is 0 Å². The van der Waals surface area contributed by atoms with E-state index in [1.165, 1.54) is 24.3 Å². The van der Waals surface area contributed by atoms with Crippen molar-refractivity contribution >= 4 is 27.5 Å². The summed E-state index contributed by atoms with van der Waals surface area (Å²) in [6.07, 6.45) is -0.0287. The van der Waals surface area contributed by atoms with Crippen molar-refractivity contribution in [1.82, 2.24) is 10.2 Å². The first-order valence-electron chi connectivity index (χ1n) is 11.4. The van der Waals surface area contributed by atoms with E-state index in [2.05, 4.69) is 10.2 Å². The first-order valence-corrected chi connectivity index (χ1v) is 13.0. The highest BCUT2D eigenvalue weighted by Crippen LogP contribution is 2.26. The molecule has 2 amide bonds. The average molecular weight is 488 g/mol. The van der Waals surface area contributed by atoms with Crippen LogP contribution in [-0.4, -0.2) is 70.3 Å². The van der Waals surface area contributed by atoms with E-state index in [0.717, 1.165) is 28.7 Å². The number of ether oxygens (including phenoxy) is 2. The highest BCUT2D eigenvalue weighted by Gasteiger charge is 2.36. The van der Waals surface area contributed by atoms with Crippen LogP contribution in [0.2, 0.25) is 0 Å². The van der Waals surface area contributed by atoms with E-state index < -0.39 is 15.9 Å². The molecule has 1 atom stereocenters. The molecule has 4 rings (SSSR count). The molecular weight excluding hydrogens is 458 g/mol. The van der Waals surface area contributed by atoms with Gasteiger partial charge < -0.3 is 14.8 Å². The molecule has 2 aliphatic rings. The van der Waals surface area contributed by atoms with Crippen LogP contribution >= 0.6 is 0 Å². The van der Waals surface area contributed by atoms with Gasteiger partial charge in [-0.15, -0.1) is 0 Å². The third kappa shape index (κ3) is 5.40. The molecule has 2 aromatic rings. The zero-order valence-electron chi connectivity index (χ0n) is 19.1. The predicted octanol–water partition coefficient (Wildman–Crippen LogP) is 1.96. The Morgan fingerprint density at radius 2 is 1.76 bits per heavy atom. The molecule has 0 aromatic heterocycles. The second-order valence-corrected chi connectivity index (χ2v) is 10.1. The van der Waals surface area contributed by atoms with Crippen LogP contribution in [0.3, 0.4) is 0 Å². The number of hydrogen-bond acceptors (Lipinski definition) is 7. The summed E-state index contributed by atoms with van der Waals surface area (Å²) < 4.78 is 36.1. The van der Waals surface area contributed by atoms with E-state index >= 15 is 0 Å². The lowest BCUT2D eigenvalue weighted by Gasteiger charge is -2.35. The van der Waals surface area contributed by atoms with Gasteiger partial charge in [0.05, 0.1) is 37.3 Å². The third-order valence-electron chi connectivity index (χ3n) is 5.96. The van der Waals surface area contributed by atoms with E-state index in [1.807, 2.05) is 31.2 Å². The van der Waals surface area contributed by atoms with Crippen LogP contribution < -0.4 is 14.4 Å². The number of sulfonamides is 1. The quantitative estimate of drug-likeness (QED) is 0.607. The van der Waals surface area contributed by atoms with Gasteiger partial charge in [-0.2, -0.15) is 0 Å². The van der Waals surface area contributed by atoms with E-state index in [1.54, 1.807) is 0 Å². The van der Waals surface area contributed by atoms with Gasteiger partial charge in [0.1, 0.15) is 5.75 Å². The molecule has 0 saturated carbocycles. The molecule has 9 nitrogen and oxygen atoms in total. The molecule has 2 saturated heterocycles. The fourth-order valence-corrected chi connectivity index (χ4v) is 5.67. The van der Waals surface area contributed by atoms with Crippen molar-refractivity contribution in [3.8, 4) is 5.75 Å². The molecule has 2 heterocycles. The lowest BCUT2D eigenvalue weighted by Crippen LogP contribution is -2.43. The molecule has 0 unspecified atom stereocenters. The number of carbonyl (C=O) groups excluding carboxylic acids is 2. The summed E-state index contributed by atoms with van der Waals surface area (Å²) in [5.74, 6) is -0.121. The van der Waals surface area contributed by atoms with Crippen LogP contribution in [0.4, 0.5) is 5.69 Å². The first kappa shape index (κ1) is 24.2. The Labute approximate surface area is 199 Å². The highest BCUT2D eigenvalue weighted by molar-refractivity contribution is 7.94. The van der Waals surface area contributed by atoms with Crippen molar-refractivity contribution in [1.29, 1.82) is 0 Å². The molecule has 0 radical (unpaired) electrons. The van der Waals surface area contributed by atoms with Gasteiger partial charge in [-0.25, -0.2) is 12.7 Å². The van der Waals surface area contributed by atoms with Crippen molar-refractivity contribution in [3.63, 3.8) is 0 Å². The minimum Gasteiger partial charge on any atom is -0.494 e.